The molecule has 152 valence electrons. The number of hydrogen-bond donors (Lipinski definition) is 1. The van der Waals surface area contributed by atoms with Crippen LogP contribution in [-0.4, -0.2) is 34.4 Å². The van der Waals surface area contributed by atoms with Gasteiger partial charge in [-0.15, -0.1) is 0 Å². The summed E-state index contributed by atoms with van der Waals surface area (Å²) >= 11 is 0. The van der Waals surface area contributed by atoms with Gasteiger partial charge < -0.3 is 10.1 Å². The molecule has 1 saturated carbocycles. The van der Waals surface area contributed by atoms with Gasteiger partial charge in [-0.2, -0.15) is 13.9 Å². The maximum absolute atomic E-state index is 13.5. The van der Waals surface area contributed by atoms with Crippen LogP contribution in [0.2, 0.25) is 0 Å². The number of nitrogens with one attached hydrogen (secondary N) is 1. The predicted molar refractivity (Wildman–Crippen MR) is 105 cm³/mol. The Balaban J connectivity index is 1.48. The standard InChI is InChI=1S/C21H22F2N4O2/c1-21(22,23)19-5-3-4-18(25-19)20(28)24-15-6-7-17-14(10-15)11-27(26-17)16-8-13(9-16)12-29-2/h3-7,10-11,13,16H,8-9,12H2,1-2H3,(H,24,28). The molecule has 1 aromatic carbocycles. The minimum atomic E-state index is -3.10. The zero-order valence-electron chi connectivity index (χ0n) is 16.2. The molecule has 0 bridgehead atoms. The van der Waals surface area contributed by atoms with Gasteiger partial charge in [0.05, 0.1) is 11.6 Å². The van der Waals surface area contributed by atoms with Crippen molar-refractivity contribution >= 4 is 22.5 Å². The third kappa shape index (κ3) is 4.12. The number of fused-ring (bicyclic) bond motifs is 1. The molecule has 2 heterocycles. The van der Waals surface area contributed by atoms with Crippen molar-refractivity contribution in [1.29, 1.82) is 0 Å². The monoisotopic (exact) mass is 400 g/mol. The fraction of sp³-hybridized carbons (Fsp3) is 0.381. The second-order valence-corrected chi connectivity index (χ2v) is 7.58. The van der Waals surface area contributed by atoms with E-state index in [2.05, 4.69) is 15.4 Å². The lowest BCUT2D eigenvalue weighted by atomic mass is 9.81. The maximum atomic E-state index is 13.5. The molecule has 1 aliphatic rings. The van der Waals surface area contributed by atoms with Crippen LogP contribution in [-0.2, 0) is 10.7 Å². The number of amides is 1. The van der Waals surface area contributed by atoms with E-state index < -0.39 is 17.5 Å². The summed E-state index contributed by atoms with van der Waals surface area (Å²) in [4.78, 5) is 16.2. The Morgan fingerprint density at radius 3 is 2.83 bits per heavy atom. The molecule has 0 saturated heterocycles. The van der Waals surface area contributed by atoms with Crippen LogP contribution >= 0.6 is 0 Å². The molecule has 1 amide bonds. The van der Waals surface area contributed by atoms with Gasteiger partial charge in [0.25, 0.3) is 11.8 Å². The summed E-state index contributed by atoms with van der Waals surface area (Å²) < 4.78 is 34.1. The number of rotatable bonds is 6. The predicted octanol–water partition coefficient (Wildman–Crippen LogP) is 4.39. The van der Waals surface area contributed by atoms with Crippen LogP contribution < -0.4 is 5.32 Å². The summed E-state index contributed by atoms with van der Waals surface area (Å²) in [5.41, 5.74) is 0.903. The molecule has 0 atom stereocenters. The highest BCUT2D eigenvalue weighted by atomic mass is 19.3. The lowest BCUT2D eigenvalue weighted by molar-refractivity contribution is 0.0126. The molecule has 0 spiro atoms. The molecule has 1 aliphatic carbocycles. The zero-order chi connectivity index (χ0) is 20.6. The summed E-state index contributed by atoms with van der Waals surface area (Å²) in [6.07, 6.45) is 4.04. The average molecular weight is 400 g/mol. The van der Waals surface area contributed by atoms with Gasteiger partial charge in [-0.05, 0) is 49.1 Å². The SMILES string of the molecule is COCC1CC(n2cc3cc(NC(=O)c4cccc(C(C)(F)F)n4)ccc3n2)C1. The number of benzene rings is 1. The number of methoxy groups -OCH3 is 1. The second-order valence-electron chi connectivity index (χ2n) is 7.58. The van der Waals surface area contributed by atoms with Crippen LogP contribution in [0.1, 0.15) is 42.0 Å². The largest absolute Gasteiger partial charge is 0.384 e. The van der Waals surface area contributed by atoms with E-state index in [4.69, 9.17) is 4.74 Å². The van der Waals surface area contributed by atoms with Crippen LogP contribution in [0.3, 0.4) is 0 Å². The van der Waals surface area contributed by atoms with Gasteiger partial charge in [0, 0.05) is 37.9 Å². The maximum Gasteiger partial charge on any atom is 0.287 e. The Bertz CT molecular complexity index is 1040. The van der Waals surface area contributed by atoms with E-state index >= 15 is 0 Å². The van der Waals surface area contributed by atoms with Gasteiger partial charge in [-0.25, -0.2) is 4.98 Å². The first-order valence-electron chi connectivity index (χ1n) is 9.48. The first-order chi connectivity index (χ1) is 13.8. The number of aromatic nitrogens is 3. The van der Waals surface area contributed by atoms with Crippen molar-refractivity contribution in [3.05, 3.63) is 54.0 Å². The number of hydrogen-bond acceptors (Lipinski definition) is 4. The van der Waals surface area contributed by atoms with Crippen molar-refractivity contribution in [2.45, 2.75) is 31.7 Å². The summed E-state index contributed by atoms with van der Waals surface area (Å²) in [7, 11) is 1.71. The molecule has 29 heavy (non-hydrogen) atoms. The van der Waals surface area contributed by atoms with Gasteiger partial charge in [-0.3, -0.25) is 9.48 Å². The number of carbonyl (C=O) groups excluding carboxylic acids is 1. The van der Waals surface area contributed by atoms with Crippen molar-refractivity contribution < 1.29 is 18.3 Å². The van der Waals surface area contributed by atoms with Crippen molar-refractivity contribution in [1.82, 2.24) is 14.8 Å². The molecular weight excluding hydrogens is 378 g/mol. The van der Waals surface area contributed by atoms with Gasteiger partial charge >= 0.3 is 0 Å². The van der Waals surface area contributed by atoms with Crippen LogP contribution in [0.5, 0.6) is 0 Å². The number of ether oxygens (including phenoxy) is 1. The molecule has 6 nitrogen and oxygen atoms in total. The summed E-state index contributed by atoms with van der Waals surface area (Å²) in [5, 5.41) is 8.24. The fourth-order valence-electron chi connectivity index (χ4n) is 3.60. The third-order valence-electron chi connectivity index (χ3n) is 5.20. The number of alkyl halides is 2. The second kappa shape index (κ2) is 7.51. The first-order valence-corrected chi connectivity index (χ1v) is 9.48. The normalized spacial score (nSPS) is 19.2. The highest BCUT2D eigenvalue weighted by molar-refractivity contribution is 6.03. The summed E-state index contributed by atoms with van der Waals surface area (Å²) in [6.45, 7) is 1.52. The number of carbonyl (C=O) groups is 1. The molecular formula is C21H22F2N4O2. The Labute approximate surface area is 166 Å². The highest BCUT2D eigenvalue weighted by Gasteiger charge is 2.31. The minimum absolute atomic E-state index is 0.0570. The van der Waals surface area contributed by atoms with Crippen molar-refractivity contribution in [3.8, 4) is 0 Å². The van der Waals surface area contributed by atoms with Gasteiger partial charge in [-0.1, -0.05) is 6.07 Å². The van der Waals surface area contributed by atoms with E-state index in [1.165, 1.54) is 18.2 Å². The molecule has 0 aliphatic heterocycles. The fourth-order valence-corrected chi connectivity index (χ4v) is 3.60. The Kier molecular flexibility index (Phi) is 5.04. The lowest BCUT2D eigenvalue weighted by Gasteiger charge is -2.34. The topological polar surface area (TPSA) is 69.0 Å². The summed E-state index contributed by atoms with van der Waals surface area (Å²) in [6, 6.07) is 9.77. The Morgan fingerprint density at radius 2 is 2.10 bits per heavy atom. The Hall–Kier alpha value is -2.87. The van der Waals surface area contributed by atoms with Crippen molar-refractivity contribution in [3.63, 3.8) is 0 Å². The van der Waals surface area contributed by atoms with Crippen LogP contribution in [0.15, 0.2) is 42.6 Å². The zero-order valence-corrected chi connectivity index (χ0v) is 16.2. The van der Waals surface area contributed by atoms with Crippen molar-refractivity contribution in [2.75, 3.05) is 19.0 Å². The molecule has 1 fully saturated rings. The van der Waals surface area contributed by atoms with Gasteiger partial charge in [0.2, 0.25) is 0 Å². The number of pyridine rings is 1. The smallest absolute Gasteiger partial charge is 0.287 e. The quantitative estimate of drug-likeness (QED) is 0.666. The van der Waals surface area contributed by atoms with Gasteiger partial charge in [0.15, 0.2) is 0 Å². The highest BCUT2D eigenvalue weighted by Crippen LogP contribution is 2.38. The van der Waals surface area contributed by atoms with Gasteiger partial charge in [0.1, 0.15) is 11.4 Å². The van der Waals surface area contributed by atoms with Crippen LogP contribution in [0.25, 0.3) is 10.9 Å². The third-order valence-corrected chi connectivity index (χ3v) is 5.20. The summed E-state index contributed by atoms with van der Waals surface area (Å²) in [5.74, 6) is -3.07. The minimum Gasteiger partial charge on any atom is -0.384 e. The molecule has 2 aromatic heterocycles. The Morgan fingerprint density at radius 1 is 1.31 bits per heavy atom. The molecule has 3 aromatic rings. The molecule has 0 unspecified atom stereocenters. The van der Waals surface area contributed by atoms with E-state index in [-0.39, 0.29) is 5.69 Å². The average Bonchev–Trinajstić information content (AvgIpc) is 3.06. The number of nitrogens with zero attached hydrogens (tertiary/aromatic N) is 3. The lowest BCUT2D eigenvalue weighted by Crippen LogP contribution is -2.29. The number of anilines is 1. The van der Waals surface area contributed by atoms with Crippen LogP contribution in [0, 0.1) is 5.92 Å². The molecule has 0 radical (unpaired) electrons. The van der Waals surface area contributed by atoms with E-state index in [9.17, 15) is 13.6 Å². The molecule has 4 rings (SSSR count). The van der Waals surface area contributed by atoms with E-state index in [0.29, 0.717) is 17.6 Å². The van der Waals surface area contributed by atoms with E-state index in [1.54, 1.807) is 13.2 Å². The van der Waals surface area contributed by atoms with Crippen LogP contribution in [0.4, 0.5) is 14.5 Å². The van der Waals surface area contributed by atoms with E-state index in [1.807, 2.05) is 23.0 Å². The molecule has 8 heteroatoms. The van der Waals surface area contributed by atoms with E-state index in [0.717, 1.165) is 37.3 Å². The first kappa shape index (κ1) is 19.4. The van der Waals surface area contributed by atoms with Crippen molar-refractivity contribution in [2.24, 2.45) is 5.92 Å². The number of halogens is 2. The molecule has 1 N–H and O–H groups in total.